The van der Waals surface area contributed by atoms with E-state index >= 15 is 0 Å². The molecule has 6 aromatic rings. The maximum Gasteiger partial charge on any atom is 0.298 e. The van der Waals surface area contributed by atoms with E-state index in [-0.39, 0.29) is 73.1 Å². The number of nitrogens with two attached hydrogens (primary N) is 3. The second-order valence-electron chi connectivity index (χ2n) is 16.0. The van der Waals surface area contributed by atoms with E-state index in [1.165, 1.54) is 26.4 Å². The largest absolute Gasteiger partial charge is 0.494 e. The lowest BCUT2D eigenvalue weighted by Gasteiger charge is -2.38. The van der Waals surface area contributed by atoms with E-state index in [0.717, 1.165) is 0 Å². The van der Waals surface area contributed by atoms with Gasteiger partial charge in [-0.05, 0) is 64.1 Å². The smallest absolute Gasteiger partial charge is 0.298 e. The van der Waals surface area contributed by atoms with Crippen LogP contribution in [0.4, 0.5) is 0 Å². The number of aliphatic hydroxyl groups excluding tert-OH is 1. The predicted molar refractivity (Wildman–Crippen MR) is 246 cm³/mol. The number of ether oxygens (including phenoxy) is 5. The van der Waals surface area contributed by atoms with E-state index < -0.39 is 48.2 Å². The summed E-state index contributed by atoms with van der Waals surface area (Å²) in [5.74, 6) is -1.93. The lowest BCUT2D eigenvalue weighted by Crippen LogP contribution is -2.51. The number of amides is 4. The number of hydrogen-bond acceptors (Lipinski definition) is 13. The maximum atomic E-state index is 13.8. The Morgan fingerprint density at radius 3 is 1.79 bits per heavy atom. The normalized spacial score (nSPS) is 18.1. The summed E-state index contributed by atoms with van der Waals surface area (Å²) >= 11 is 0. The Bertz CT molecular complexity index is 3020. The van der Waals surface area contributed by atoms with Crippen molar-refractivity contribution in [3.63, 3.8) is 0 Å². The van der Waals surface area contributed by atoms with Crippen LogP contribution in [-0.4, -0.2) is 126 Å². The highest BCUT2D eigenvalue weighted by atomic mass is 16.7. The number of nitrogens with one attached hydrogen (secondary N) is 2. The van der Waals surface area contributed by atoms with E-state index in [0.29, 0.717) is 64.4 Å². The van der Waals surface area contributed by atoms with Gasteiger partial charge in [-0.15, -0.1) is 0 Å². The number of benzene rings is 2. The number of aliphatic hydroxyl groups is 1. The number of allylic oxidation sites excluding steroid dienone is 2. The second kappa shape index (κ2) is 21.2. The molecule has 4 aromatic heterocycles. The fourth-order valence-corrected chi connectivity index (χ4v) is 8.11. The molecule has 0 bridgehead atoms. The number of carbonyl (C=O) groups is 4. The minimum Gasteiger partial charge on any atom is -0.494 e. The first-order valence-electron chi connectivity index (χ1n) is 22.1. The molecular weight excluding hydrogens is 883 g/mol. The molecule has 5 heterocycles. The van der Waals surface area contributed by atoms with E-state index in [1.54, 1.807) is 56.6 Å². The van der Waals surface area contributed by atoms with Crippen LogP contribution >= 0.6 is 0 Å². The van der Waals surface area contributed by atoms with Gasteiger partial charge in [0, 0.05) is 63.8 Å². The van der Waals surface area contributed by atoms with Crippen LogP contribution in [0.1, 0.15) is 79.8 Å². The summed E-state index contributed by atoms with van der Waals surface area (Å²) in [5, 5.41) is 19.3. The summed E-state index contributed by atoms with van der Waals surface area (Å²) in [7, 11) is 2.94. The van der Waals surface area contributed by atoms with Crippen molar-refractivity contribution in [3.8, 4) is 11.5 Å². The molecule has 68 heavy (non-hydrogen) atoms. The number of nitrogens with zero attached hydrogens (tertiary/aromatic N) is 8. The first kappa shape index (κ1) is 48.7. The summed E-state index contributed by atoms with van der Waals surface area (Å²) < 4.78 is 35.9. The lowest BCUT2D eigenvalue weighted by molar-refractivity contribution is -0.263. The number of hydrogen-bond donors (Lipinski definition) is 6. The Morgan fingerprint density at radius 1 is 0.809 bits per heavy atom. The summed E-state index contributed by atoms with van der Waals surface area (Å²) in [6.45, 7) is 8.88. The van der Waals surface area contributed by atoms with Gasteiger partial charge in [0.2, 0.25) is 23.1 Å². The highest BCUT2D eigenvalue weighted by Crippen LogP contribution is 2.29. The number of primary amides is 2. The van der Waals surface area contributed by atoms with Crippen LogP contribution < -0.4 is 37.9 Å². The van der Waals surface area contributed by atoms with Gasteiger partial charge in [-0.3, -0.25) is 28.5 Å². The molecule has 362 valence electrons. The monoisotopic (exact) mass is 939 g/mol. The van der Waals surface area contributed by atoms with Gasteiger partial charge in [-0.25, -0.2) is 0 Å². The molecule has 7 rings (SSSR count). The van der Waals surface area contributed by atoms with Crippen molar-refractivity contribution in [2.45, 2.75) is 91.3 Å². The number of methoxy groups -OCH3 is 2. The van der Waals surface area contributed by atoms with Gasteiger partial charge in [-0.2, -0.15) is 20.2 Å². The fraction of sp³-hybridized carbons (Fsp3) is 0.422. The average Bonchev–Trinajstić information content (AvgIpc) is 4.09. The zero-order valence-corrected chi connectivity index (χ0v) is 38.7. The van der Waals surface area contributed by atoms with Crippen LogP contribution in [0.25, 0.3) is 22.1 Å². The van der Waals surface area contributed by atoms with Crippen molar-refractivity contribution >= 4 is 45.7 Å². The zero-order valence-electron chi connectivity index (χ0n) is 38.7. The van der Waals surface area contributed by atoms with Gasteiger partial charge >= 0.3 is 0 Å². The quantitative estimate of drug-likeness (QED) is 0.0496. The predicted octanol–water partition coefficient (Wildman–Crippen LogP) is 1.48. The minimum absolute atomic E-state index is 0.103. The molecule has 1 saturated heterocycles. The number of aromatic amines is 2. The molecule has 9 N–H and O–H groups in total. The van der Waals surface area contributed by atoms with Crippen LogP contribution in [0.15, 0.2) is 58.5 Å². The first-order chi connectivity index (χ1) is 32.7. The third-order valence-electron chi connectivity index (χ3n) is 11.3. The fourth-order valence-electron chi connectivity index (χ4n) is 8.11. The average molecular weight is 940 g/mol. The second-order valence-corrected chi connectivity index (χ2v) is 16.0. The number of H-pyrrole nitrogens is 2. The number of carbonyl (C=O) groups excluding carboxylic acids is 4. The number of rotatable bonds is 19. The summed E-state index contributed by atoms with van der Waals surface area (Å²) in [6, 6.07) is 9.44. The van der Waals surface area contributed by atoms with Crippen LogP contribution in [0.3, 0.4) is 0 Å². The molecule has 2 aromatic carbocycles. The molecule has 23 nitrogen and oxygen atoms in total. The van der Waals surface area contributed by atoms with Crippen LogP contribution in [0, 0.1) is 13.8 Å². The van der Waals surface area contributed by atoms with E-state index in [1.807, 2.05) is 26.0 Å². The van der Waals surface area contributed by atoms with Crippen molar-refractivity contribution in [2.24, 2.45) is 27.2 Å². The highest BCUT2D eigenvalue weighted by Gasteiger charge is 2.37. The van der Waals surface area contributed by atoms with Crippen LogP contribution in [0.5, 0.6) is 11.5 Å². The van der Waals surface area contributed by atoms with Crippen molar-refractivity contribution in [3.05, 3.63) is 93.7 Å². The van der Waals surface area contributed by atoms with Crippen molar-refractivity contribution in [1.29, 1.82) is 0 Å². The summed E-state index contributed by atoms with van der Waals surface area (Å²) in [5.41, 5.74) is 21.5. The number of fused-ring (bicyclic) bond motifs is 2. The molecule has 0 aliphatic carbocycles. The third-order valence-corrected chi connectivity index (χ3v) is 11.3. The summed E-state index contributed by atoms with van der Waals surface area (Å²) in [6.07, 6.45) is 1.63. The molecule has 0 unspecified atom stereocenters. The Hall–Kier alpha value is -7.18. The Kier molecular flexibility index (Phi) is 15.2. The SMILES string of the molecule is CCn1nc(C)cc1C(=O)/N=c1/[nH]c2cc(C(N)=O)cc(OC)c2n1C/C=C/Cn1/c(=N/C(=O)c2cc(C)nn2CC)[nH]c2cc(C(N)=O)cc(OCCCO[C@@H]3C[C@H](O)[C@@H](CN)O[C@@H]3OC)c21. The van der Waals surface area contributed by atoms with Crippen LogP contribution in [0.2, 0.25) is 0 Å². The Labute approximate surface area is 389 Å². The Balaban J connectivity index is 1.25. The molecule has 0 saturated carbocycles. The van der Waals surface area contributed by atoms with Gasteiger partial charge in [-0.1, -0.05) is 12.2 Å². The summed E-state index contributed by atoms with van der Waals surface area (Å²) in [4.78, 5) is 67.8. The van der Waals surface area contributed by atoms with Gasteiger partial charge in [0.1, 0.15) is 40.0 Å². The molecule has 1 fully saturated rings. The zero-order chi connectivity index (χ0) is 48.8. The van der Waals surface area contributed by atoms with E-state index in [2.05, 4.69) is 30.2 Å². The third kappa shape index (κ3) is 10.4. The van der Waals surface area contributed by atoms with Gasteiger partial charge in [0.15, 0.2) is 6.29 Å². The molecule has 4 atom stereocenters. The molecule has 0 radical (unpaired) electrons. The molecule has 1 aliphatic rings. The number of aryl methyl sites for hydroxylation is 4. The Morgan fingerprint density at radius 2 is 1.32 bits per heavy atom. The van der Waals surface area contributed by atoms with E-state index in [9.17, 15) is 24.3 Å². The van der Waals surface area contributed by atoms with Crippen molar-refractivity contribution < 1.29 is 48.0 Å². The maximum absolute atomic E-state index is 13.8. The number of aromatic nitrogens is 8. The molecule has 1 aliphatic heterocycles. The van der Waals surface area contributed by atoms with Gasteiger partial charge in [0.25, 0.3) is 11.8 Å². The number of imidazole rings is 2. The van der Waals surface area contributed by atoms with Crippen molar-refractivity contribution in [2.75, 3.05) is 34.0 Å². The standard InChI is InChI=1S/C45H57N13O10/c1-7-57-30(16-24(3)53-57)41(62)51-44-49-28-18-26(39(47)60)20-33(64-5)37(28)55(44)12-9-10-13-56-38-29(50-45(56)52-42(63)31-17-25(4)54-58(31)8-2)19-27(40(48)61)21-34(38)66-14-11-15-67-35-22-32(59)36(23-46)68-43(35)65-6/h9-10,16-21,32,35-36,43,59H,7-8,11-15,22-23,46H2,1-6H3,(H2,47,60)(H2,48,61)(H,49,51,62)(H,50,52,63)/b10-9+/t32-,35+,36+,43-/m0/s1. The van der Waals surface area contributed by atoms with E-state index in [4.69, 9.17) is 40.9 Å². The lowest BCUT2D eigenvalue weighted by atomic mass is 10.0. The molecular formula is C45H57N13O10. The first-order valence-corrected chi connectivity index (χ1v) is 22.1. The molecule has 4 amide bonds. The molecule has 0 spiro atoms. The topological polar surface area (TPSA) is 315 Å². The minimum atomic E-state index is -0.818. The van der Waals surface area contributed by atoms with Crippen LogP contribution in [-0.2, 0) is 40.4 Å². The highest BCUT2D eigenvalue weighted by molar-refractivity contribution is 5.99. The van der Waals surface area contributed by atoms with Crippen molar-refractivity contribution in [1.82, 2.24) is 38.7 Å². The van der Waals surface area contributed by atoms with Gasteiger partial charge < -0.3 is 65.1 Å². The molecule has 23 heteroatoms. The van der Waals surface area contributed by atoms with Gasteiger partial charge in [0.05, 0.1) is 55.0 Å².